The van der Waals surface area contributed by atoms with E-state index in [-0.39, 0.29) is 0 Å². The monoisotopic (exact) mass is 418 g/mol. The summed E-state index contributed by atoms with van der Waals surface area (Å²) in [6.07, 6.45) is 2.01. The van der Waals surface area contributed by atoms with Gasteiger partial charge in [0.15, 0.2) is 0 Å². The summed E-state index contributed by atoms with van der Waals surface area (Å²) < 4.78 is 6.89. The number of nitriles is 1. The second-order valence-corrected chi connectivity index (χ2v) is 6.95. The largest absolute Gasteiger partial charge is 0.377 e. The Balaban J connectivity index is 1.51. The molecule has 0 atom stereocenters. The zero-order chi connectivity index (χ0) is 16.1. The van der Waals surface area contributed by atoms with E-state index in [1.165, 1.54) is 11.1 Å². The number of fused-ring (bicyclic) bond motifs is 1. The van der Waals surface area contributed by atoms with Crippen LogP contribution >= 0.6 is 22.6 Å². The Morgan fingerprint density at radius 1 is 1.22 bits per heavy atom. The van der Waals surface area contributed by atoms with Crippen LogP contribution in [0, 0.1) is 14.9 Å². The standard InChI is InChI=1S/C19H19IN2O/c20-18-11-16-7-9-22(19(16)17(12-18)13-21)8-4-10-23-14-15-5-2-1-3-6-15/h1-3,5-6,11-12H,4,7-10,14H2. The van der Waals surface area contributed by atoms with Gasteiger partial charge in [-0.05, 0) is 58.7 Å². The normalized spacial score (nSPS) is 13.0. The molecule has 0 radical (unpaired) electrons. The van der Waals surface area contributed by atoms with E-state index in [0.29, 0.717) is 6.61 Å². The molecule has 0 spiro atoms. The highest BCUT2D eigenvalue weighted by atomic mass is 127. The third-order valence-electron chi connectivity index (χ3n) is 4.07. The molecule has 0 aliphatic carbocycles. The molecular formula is C19H19IN2O. The molecule has 0 unspecified atom stereocenters. The van der Waals surface area contributed by atoms with Crippen LogP contribution in [0.15, 0.2) is 42.5 Å². The van der Waals surface area contributed by atoms with Crippen molar-refractivity contribution < 1.29 is 4.74 Å². The first-order chi connectivity index (χ1) is 11.3. The van der Waals surface area contributed by atoms with Gasteiger partial charge >= 0.3 is 0 Å². The van der Waals surface area contributed by atoms with Crippen LogP contribution in [0.2, 0.25) is 0 Å². The van der Waals surface area contributed by atoms with Crippen LogP contribution in [0.3, 0.4) is 0 Å². The number of nitrogens with zero attached hydrogens (tertiary/aromatic N) is 2. The number of hydrogen-bond acceptors (Lipinski definition) is 3. The molecule has 0 fully saturated rings. The average molecular weight is 418 g/mol. The van der Waals surface area contributed by atoms with Gasteiger partial charge in [0, 0.05) is 23.3 Å². The first-order valence-corrected chi connectivity index (χ1v) is 8.95. The summed E-state index contributed by atoms with van der Waals surface area (Å²) in [5.74, 6) is 0. The molecule has 118 valence electrons. The molecule has 0 bridgehead atoms. The van der Waals surface area contributed by atoms with Crippen molar-refractivity contribution in [3.05, 3.63) is 62.7 Å². The highest BCUT2D eigenvalue weighted by Gasteiger charge is 2.22. The number of hydrogen-bond donors (Lipinski definition) is 0. The van der Waals surface area contributed by atoms with E-state index < -0.39 is 0 Å². The number of anilines is 1. The average Bonchev–Trinajstić information content (AvgIpc) is 2.97. The van der Waals surface area contributed by atoms with Gasteiger partial charge in [-0.15, -0.1) is 0 Å². The zero-order valence-electron chi connectivity index (χ0n) is 13.0. The van der Waals surface area contributed by atoms with Gasteiger partial charge in [-0.25, -0.2) is 0 Å². The van der Waals surface area contributed by atoms with E-state index in [2.05, 4.69) is 51.8 Å². The Labute approximate surface area is 151 Å². The summed E-state index contributed by atoms with van der Waals surface area (Å²) in [5.41, 5.74) is 4.45. The van der Waals surface area contributed by atoms with E-state index in [9.17, 15) is 5.26 Å². The molecule has 2 aromatic rings. The smallest absolute Gasteiger partial charge is 0.101 e. The molecule has 1 aliphatic heterocycles. The maximum Gasteiger partial charge on any atom is 0.101 e. The van der Waals surface area contributed by atoms with Gasteiger partial charge in [-0.3, -0.25) is 0 Å². The predicted octanol–water partition coefficient (Wildman–Crippen LogP) is 4.13. The lowest BCUT2D eigenvalue weighted by Crippen LogP contribution is -2.23. The lowest BCUT2D eigenvalue weighted by atomic mass is 10.1. The summed E-state index contributed by atoms with van der Waals surface area (Å²) in [6.45, 7) is 3.35. The first-order valence-electron chi connectivity index (χ1n) is 7.87. The second-order valence-electron chi connectivity index (χ2n) is 5.70. The minimum absolute atomic E-state index is 0.666. The maximum atomic E-state index is 9.37. The van der Waals surface area contributed by atoms with Gasteiger partial charge in [0.25, 0.3) is 0 Å². The molecule has 23 heavy (non-hydrogen) atoms. The van der Waals surface area contributed by atoms with E-state index in [1.54, 1.807) is 0 Å². The lowest BCUT2D eigenvalue weighted by molar-refractivity contribution is 0.119. The molecule has 0 N–H and O–H groups in total. The third-order valence-corrected chi connectivity index (χ3v) is 4.69. The van der Waals surface area contributed by atoms with Crippen molar-refractivity contribution in [2.24, 2.45) is 0 Å². The summed E-state index contributed by atoms with van der Waals surface area (Å²) in [6, 6.07) is 16.8. The highest BCUT2D eigenvalue weighted by molar-refractivity contribution is 14.1. The first kappa shape index (κ1) is 16.3. The topological polar surface area (TPSA) is 36.3 Å². The molecule has 0 amide bonds. The fraction of sp³-hybridized carbons (Fsp3) is 0.316. The van der Waals surface area contributed by atoms with Crippen LogP contribution in [0.5, 0.6) is 0 Å². The van der Waals surface area contributed by atoms with Crippen LogP contribution in [-0.4, -0.2) is 19.7 Å². The minimum Gasteiger partial charge on any atom is -0.377 e. The summed E-state index contributed by atoms with van der Waals surface area (Å²) in [7, 11) is 0. The molecule has 3 rings (SSSR count). The van der Waals surface area contributed by atoms with Gasteiger partial charge in [0.1, 0.15) is 6.07 Å². The second kappa shape index (κ2) is 7.80. The van der Waals surface area contributed by atoms with Crippen LogP contribution < -0.4 is 4.90 Å². The van der Waals surface area contributed by atoms with Crippen molar-refractivity contribution in [2.45, 2.75) is 19.4 Å². The quantitative estimate of drug-likeness (QED) is 0.523. The zero-order valence-corrected chi connectivity index (χ0v) is 15.1. The Morgan fingerprint density at radius 2 is 2.04 bits per heavy atom. The van der Waals surface area contributed by atoms with E-state index in [1.807, 2.05) is 24.3 Å². The molecule has 0 aromatic heterocycles. The number of ether oxygens (including phenoxy) is 1. The van der Waals surface area contributed by atoms with Crippen molar-refractivity contribution >= 4 is 28.3 Å². The van der Waals surface area contributed by atoms with Crippen molar-refractivity contribution in [2.75, 3.05) is 24.6 Å². The van der Waals surface area contributed by atoms with Crippen LogP contribution in [0.25, 0.3) is 0 Å². The summed E-state index contributed by atoms with van der Waals surface area (Å²) >= 11 is 2.28. The Morgan fingerprint density at radius 3 is 2.83 bits per heavy atom. The van der Waals surface area contributed by atoms with E-state index in [4.69, 9.17) is 4.74 Å². The molecule has 4 heteroatoms. The van der Waals surface area contributed by atoms with Gasteiger partial charge in [0.2, 0.25) is 0 Å². The van der Waals surface area contributed by atoms with Crippen LogP contribution in [-0.2, 0) is 17.8 Å². The van der Waals surface area contributed by atoms with Crippen LogP contribution in [0.1, 0.15) is 23.1 Å². The third kappa shape index (κ3) is 4.04. The lowest BCUT2D eigenvalue weighted by Gasteiger charge is -2.20. The molecule has 1 aliphatic rings. The molecule has 0 saturated heterocycles. The van der Waals surface area contributed by atoms with E-state index >= 15 is 0 Å². The predicted molar refractivity (Wildman–Crippen MR) is 101 cm³/mol. The van der Waals surface area contributed by atoms with Crippen molar-refractivity contribution in [3.8, 4) is 6.07 Å². The molecule has 2 aromatic carbocycles. The van der Waals surface area contributed by atoms with Gasteiger partial charge in [-0.2, -0.15) is 5.26 Å². The molecule has 1 heterocycles. The SMILES string of the molecule is N#Cc1cc(I)cc2c1N(CCCOCc1ccccc1)CC2. The highest BCUT2D eigenvalue weighted by Crippen LogP contribution is 2.33. The molecule has 3 nitrogen and oxygen atoms in total. The Bertz CT molecular complexity index is 709. The fourth-order valence-electron chi connectivity index (χ4n) is 3.02. The number of halogens is 1. The maximum absolute atomic E-state index is 9.37. The van der Waals surface area contributed by atoms with Gasteiger partial charge < -0.3 is 9.64 Å². The van der Waals surface area contributed by atoms with Gasteiger partial charge in [-0.1, -0.05) is 30.3 Å². The number of benzene rings is 2. The Hall–Kier alpha value is -1.58. The van der Waals surface area contributed by atoms with Crippen molar-refractivity contribution in [1.29, 1.82) is 5.26 Å². The van der Waals surface area contributed by atoms with Gasteiger partial charge in [0.05, 0.1) is 17.9 Å². The van der Waals surface area contributed by atoms with Crippen molar-refractivity contribution in [1.82, 2.24) is 0 Å². The summed E-state index contributed by atoms with van der Waals surface area (Å²) in [5, 5.41) is 9.37. The van der Waals surface area contributed by atoms with Crippen molar-refractivity contribution in [3.63, 3.8) is 0 Å². The fourth-order valence-corrected chi connectivity index (χ4v) is 3.70. The molecule has 0 saturated carbocycles. The Kier molecular flexibility index (Phi) is 5.52. The number of rotatable bonds is 6. The minimum atomic E-state index is 0.666. The van der Waals surface area contributed by atoms with Crippen LogP contribution in [0.4, 0.5) is 5.69 Å². The summed E-state index contributed by atoms with van der Waals surface area (Å²) in [4.78, 5) is 2.33. The van der Waals surface area contributed by atoms with E-state index in [0.717, 1.165) is 47.4 Å². The molecular weight excluding hydrogens is 399 g/mol.